The van der Waals surface area contributed by atoms with Crippen LogP contribution in [-0.2, 0) is 0 Å². The van der Waals surface area contributed by atoms with Gasteiger partial charge in [0.05, 0.1) is 5.89 Å². The first-order valence-electron chi connectivity index (χ1n) is 4.56. The summed E-state index contributed by atoms with van der Waals surface area (Å²) in [5, 5.41) is 3.49. The van der Waals surface area contributed by atoms with Gasteiger partial charge in [0.2, 0.25) is 0 Å². The fourth-order valence-corrected chi connectivity index (χ4v) is 1.83. The van der Waals surface area contributed by atoms with Gasteiger partial charge in [-0.15, -0.1) is 0 Å². The summed E-state index contributed by atoms with van der Waals surface area (Å²) in [6, 6.07) is 0.447. The van der Waals surface area contributed by atoms with E-state index in [1.807, 2.05) is 0 Å². The molecule has 0 radical (unpaired) electrons. The van der Waals surface area contributed by atoms with E-state index in [1.54, 1.807) is 0 Å². The van der Waals surface area contributed by atoms with Crippen molar-refractivity contribution in [1.29, 1.82) is 0 Å². The second-order valence-corrected chi connectivity index (χ2v) is 3.45. The Morgan fingerprint density at radius 3 is 2.57 bits per heavy atom. The summed E-state index contributed by atoms with van der Waals surface area (Å²) >= 11 is 0. The van der Waals surface area contributed by atoms with Crippen molar-refractivity contribution >= 4 is 0 Å². The minimum absolute atomic E-state index is 0. The van der Waals surface area contributed by atoms with Gasteiger partial charge < -0.3 is 9.51 Å². The summed E-state index contributed by atoms with van der Waals surface area (Å²) in [7, 11) is 0. The summed E-state index contributed by atoms with van der Waals surface area (Å²) in [6.07, 6.45) is 6.71. The van der Waals surface area contributed by atoms with Crippen LogP contribution in [0, 0.1) is 6.33 Å². The van der Waals surface area contributed by atoms with E-state index in [4.69, 9.17) is 10.4 Å². The second kappa shape index (κ2) is 6.45. The van der Waals surface area contributed by atoms with E-state index in [2.05, 4.69) is 21.9 Å². The Hall–Kier alpha value is 0.865. The van der Waals surface area contributed by atoms with Gasteiger partial charge in [0.25, 0.3) is 0 Å². The Morgan fingerprint density at radius 2 is 2.07 bits per heavy atom. The molecule has 0 spiro atoms. The molecule has 1 aromatic rings. The Kier molecular flexibility index (Phi) is 5.96. The van der Waals surface area contributed by atoms with E-state index < -0.39 is 0 Å². The first kappa shape index (κ1) is 12.9. The van der Waals surface area contributed by atoms with Crippen LogP contribution in [0.15, 0.2) is 4.52 Å². The van der Waals surface area contributed by atoms with E-state index in [1.165, 1.54) is 0 Å². The van der Waals surface area contributed by atoms with E-state index in [-0.39, 0.29) is 58.2 Å². The van der Waals surface area contributed by atoms with E-state index in [0.717, 1.165) is 31.6 Å². The standard InChI is InChI=1S/C8H13N4O.Rb/c9-12-7-3-1-6(2-4-7)8-10-5-11-13-8;/h6-7,12H,1-4,9H2;/q-1;+1. The predicted octanol–water partition coefficient (Wildman–Crippen LogP) is -2.64. The minimum Gasteiger partial charge on any atom is -0.450 e. The Balaban J connectivity index is 0.000000980. The summed E-state index contributed by atoms with van der Waals surface area (Å²) in [5.41, 5.74) is 2.80. The van der Waals surface area contributed by atoms with Crippen LogP contribution in [0.25, 0.3) is 0 Å². The monoisotopic (exact) mass is 266 g/mol. The SMILES string of the molecule is NNC1CCC(c2n[c-]no2)CC1.[Rb+]. The van der Waals surface area contributed by atoms with Gasteiger partial charge in [0, 0.05) is 6.04 Å². The number of nitrogens with zero attached hydrogens (tertiary/aromatic N) is 2. The van der Waals surface area contributed by atoms with Crippen molar-refractivity contribution in [3.8, 4) is 0 Å². The van der Waals surface area contributed by atoms with Gasteiger partial charge in [0.15, 0.2) is 0 Å². The third-order valence-electron chi connectivity index (χ3n) is 2.65. The fraction of sp³-hybridized carbons (Fsp3) is 0.750. The second-order valence-electron chi connectivity index (χ2n) is 3.45. The Labute approximate surface area is 132 Å². The van der Waals surface area contributed by atoms with Crippen molar-refractivity contribution in [1.82, 2.24) is 15.6 Å². The summed E-state index contributed by atoms with van der Waals surface area (Å²) in [5.74, 6) is 6.48. The smallest absolute Gasteiger partial charge is 0.450 e. The van der Waals surface area contributed by atoms with Crippen LogP contribution in [-0.4, -0.2) is 16.2 Å². The van der Waals surface area contributed by atoms with Gasteiger partial charge >= 0.3 is 58.2 Å². The molecule has 1 aromatic heterocycles. The molecule has 0 atom stereocenters. The number of nitrogens with two attached hydrogens (primary N) is 1. The molecule has 1 heterocycles. The number of nitrogens with one attached hydrogen (secondary N) is 1. The van der Waals surface area contributed by atoms with Crippen molar-refractivity contribution in [2.24, 2.45) is 5.84 Å². The van der Waals surface area contributed by atoms with Gasteiger partial charge in [-0.1, -0.05) is 12.8 Å². The summed E-state index contributed by atoms with van der Waals surface area (Å²) in [4.78, 5) is 3.94. The zero-order chi connectivity index (χ0) is 9.10. The van der Waals surface area contributed by atoms with Crippen molar-refractivity contribution in [3.05, 3.63) is 12.2 Å². The number of hydrazine groups is 1. The summed E-state index contributed by atoms with van der Waals surface area (Å²) < 4.78 is 4.97. The van der Waals surface area contributed by atoms with E-state index >= 15 is 0 Å². The maximum atomic E-state index is 5.36. The molecule has 14 heavy (non-hydrogen) atoms. The zero-order valence-electron chi connectivity index (χ0n) is 8.36. The normalized spacial score (nSPS) is 26.9. The third-order valence-corrected chi connectivity index (χ3v) is 2.65. The molecule has 1 aliphatic rings. The molecule has 72 valence electrons. The zero-order valence-corrected chi connectivity index (χ0v) is 13.3. The molecule has 5 nitrogen and oxygen atoms in total. The van der Waals surface area contributed by atoms with Gasteiger partial charge in [-0.3, -0.25) is 11.3 Å². The first-order valence-corrected chi connectivity index (χ1v) is 4.56. The number of rotatable bonds is 2. The van der Waals surface area contributed by atoms with Crippen LogP contribution in [0.3, 0.4) is 0 Å². The summed E-state index contributed by atoms with van der Waals surface area (Å²) in [6.45, 7) is 0. The molecule has 0 saturated heterocycles. The van der Waals surface area contributed by atoms with Crippen LogP contribution < -0.4 is 69.5 Å². The number of hydrogen-bond acceptors (Lipinski definition) is 5. The average Bonchev–Trinajstić information content (AvgIpc) is 2.71. The van der Waals surface area contributed by atoms with Crippen LogP contribution in [0.5, 0.6) is 0 Å². The van der Waals surface area contributed by atoms with Crippen molar-refractivity contribution in [3.63, 3.8) is 0 Å². The van der Waals surface area contributed by atoms with Gasteiger partial charge in [-0.05, 0) is 25.1 Å². The molecular formula is C8H13N4ORb. The molecule has 0 bridgehead atoms. The average molecular weight is 267 g/mol. The van der Waals surface area contributed by atoms with E-state index in [0.29, 0.717) is 12.0 Å². The molecule has 1 fully saturated rings. The Morgan fingerprint density at radius 1 is 1.36 bits per heavy atom. The molecule has 0 aliphatic heterocycles. The maximum absolute atomic E-state index is 5.36. The minimum atomic E-state index is 0. The van der Waals surface area contributed by atoms with Crippen LogP contribution in [0.1, 0.15) is 37.5 Å². The van der Waals surface area contributed by atoms with Gasteiger partial charge in [0.1, 0.15) is 0 Å². The Bertz CT molecular complexity index is 246. The third kappa shape index (κ3) is 3.18. The van der Waals surface area contributed by atoms with Gasteiger partial charge in [-0.25, -0.2) is 0 Å². The number of aromatic nitrogens is 2. The topological polar surface area (TPSA) is 77.0 Å². The molecule has 0 aromatic carbocycles. The van der Waals surface area contributed by atoms with Crippen LogP contribution in [0.2, 0.25) is 0 Å². The largest absolute Gasteiger partial charge is 1.00 e. The fourth-order valence-electron chi connectivity index (χ4n) is 1.83. The van der Waals surface area contributed by atoms with Crippen molar-refractivity contribution in [2.75, 3.05) is 0 Å². The molecule has 0 unspecified atom stereocenters. The molecular weight excluding hydrogens is 254 g/mol. The number of hydrogen-bond donors (Lipinski definition) is 2. The van der Waals surface area contributed by atoms with Crippen LogP contribution in [0.4, 0.5) is 0 Å². The van der Waals surface area contributed by atoms with Gasteiger partial charge in [-0.2, -0.15) is 5.16 Å². The predicted molar refractivity (Wildman–Crippen MR) is 45.5 cm³/mol. The maximum Gasteiger partial charge on any atom is 1.00 e. The molecule has 0 amide bonds. The quantitative estimate of drug-likeness (QED) is 0.348. The van der Waals surface area contributed by atoms with Crippen molar-refractivity contribution in [2.45, 2.75) is 37.6 Å². The van der Waals surface area contributed by atoms with Crippen LogP contribution >= 0.6 is 0 Å². The molecule has 2 rings (SSSR count). The van der Waals surface area contributed by atoms with E-state index in [9.17, 15) is 0 Å². The van der Waals surface area contributed by atoms with Crippen molar-refractivity contribution < 1.29 is 62.7 Å². The first-order chi connectivity index (χ1) is 6.40. The molecule has 1 saturated carbocycles. The molecule has 6 heteroatoms. The molecule has 1 aliphatic carbocycles. The molecule has 3 N–H and O–H groups in total.